The highest BCUT2D eigenvalue weighted by Crippen LogP contribution is 2.22. The maximum Gasteiger partial charge on any atom is 0.417 e. The largest absolute Gasteiger partial charge is 0.439 e. The van der Waals surface area contributed by atoms with Crippen LogP contribution in [0, 0.1) is 5.92 Å². The van der Waals surface area contributed by atoms with Crippen LogP contribution < -0.4 is 5.32 Å². The van der Waals surface area contributed by atoms with Crippen LogP contribution in [0.1, 0.15) is 24.4 Å². The van der Waals surface area contributed by atoms with Gasteiger partial charge < -0.3 is 10.1 Å². The molecule has 10 heteroatoms. The second-order valence-corrected chi connectivity index (χ2v) is 8.95. The van der Waals surface area contributed by atoms with Gasteiger partial charge in [0.05, 0.1) is 18.8 Å². The molecular formula is C18H23N3O6S. The van der Waals surface area contributed by atoms with Crippen LogP contribution in [-0.4, -0.2) is 68.0 Å². The van der Waals surface area contributed by atoms with Crippen molar-refractivity contribution in [3.8, 4) is 0 Å². The molecule has 1 aromatic carbocycles. The molecule has 1 atom stereocenters. The lowest BCUT2D eigenvalue weighted by atomic mass is 9.96. The van der Waals surface area contributed by atoms with E-state index < -0.39 is 28.1 Å². The minimum absolute atomic E-state index is 0.0182. The number of ether oxygens (including phenoxy) is 1. The highest BCUT2D eigenvalue weighted by Gasteiger charge is 2.35. The van der Waals surface area contributed by atoms with E-state index in [9.17, 15) is 22.8 Å². The van der Waals surface area contributed by atoms with E-state index in [1.54, 1.807) is 0 Å². The van der Waals surface area contributed by atoms with Gasteiger partial charge in [0.1, 0.15) is 0 Å². The van der Waals surface area contributed by atoms with Crippen LogP contribution in [0.15, 0.2) is 30.3 Å². The molecule has 0 radical (unpaired) electrons. The molecule has 0 unspecified atom stereocenters. The highest BCUT2D eigenvalue weighted by atomic mass is 32.2. The minimum Gasteiger partial charge on any atom is -0.439 e. The van der Waals surface area contributed by atoms with Crippen LogP contribution in [0.3, 0.4) is 0 Å². The van der Waals surface area contributed by atoms with Gasteiger partial charge in [0.25, 0.3) is 5.91 Å². The van der Waals surface area contributed by atoms with Gasteiger partial charge in [-0.05, 0) is 18.4 Å². The predicted molar refractivity (Wildman–Crippen MR) is 99.5 cm³/mol. The van der Waals surface area contributed by atoms with Gasteiger partial charge in [0.2, 0.25) is 15.9 Å². The molecule has 0 bridgehead atoms. The Labute approximate surface area is 163 Å². The Morgan fingerprint density at radius 3 is 2.39 bits per heavy atom. The van der Waals surface area contributed by atoms with Crippen molar-refractivity contribution in [2.24, 2.45) is 5.92 Å². The van der Waals surface area contributed by atoms with Crippen LogP contribution in [0.25, 0.3) is 0 Å². The summed E-state index contributed by atoms with van der Waals surface area (Å²) < 4.78 is 29.4. The zero-order valence-corrected chi connectivity index (χ0v) is 16.4. The molecule has 0 aliphatic carbocycles. The van der Waals surface area contributed by atoms with Crippen molar-refractivity contribution >= 4 is 27.9 Å². The van der Waals surface area contributed by atoms with E-state index in [0.29, 0.717) is 25.9 Å². The van der Waals surface area contributed by atoms with Gasteiger partial charge in [-0.25, -0.2) is 22.4 Å². The number of hydrogen-bond donors (Lipinski definition) is 1. The number of nitrogens with zero attached hydrogens (tertiary/aromatic N) is 2. The van der Waals surface area contributed by atoms with Crippen LogP contribution in [0.4, 0.5) is 4.79 Å². The maximum atomic E-state index is 12.8. The van der Waals surface area contributed by atoms with Gasteiger partial charge in [0, 0.05) is 19.0 Å². The Hall–Kier alpha value is -2.46. The van der Waals surface area contributed by atoms with Gasteiger partial charge in [-0.2, -0.15) is 0 Å². The van der Waals surface area contributed by atoms with E-state index in [4.69, 9.17) is 4.74 Å². The summed E-state index contributed by atoms with van der Waals surface area (Å²) in [4.78, 5) is 37.4. The zero-order valence-electron chi connectivity index (χ0n) is 15.5. The quantitative estimate of drug-likeness (QED) is 0.732. The molecule has 28 heavy (non-hydrogen) atoms. The van der Waals surface area contributed by atoms with Crippen molar-refractivity contribution in [3.05, 3.63) is 35.9 Å². The fraction of sp³-hybridized carbons (Fsp3) is 0.500. The van der Waals surface area contributed by atoms with Gasteiger partial charge in [0.15, 0.2) is 6.61 Å². The van der Waals surface area contributed by atoms with Crippen LogP contribution in [-0.2, 0) is 24.3 Å². The number of amides is 3. The summed E-state index contributed by atoms with van der Waals surface area (Å²) in [6.45, 7) is 0.279. The fourth-order valence-electron chi connectivity index (χ4n) is 3.40. The summed E-state index contributed by atoms with van der Waals surface area (Å²) in [6.07, 6.45) is 1.28. The van der Waals surface area contributed by atoms with Gasteiger partial charge in [-0.3, -0.25) is 9.59 Å². The number of piperidine rings is 1. The van der Waals surface area contributed by atoms with Crippen molar-refractivity contribution in [2.45, 2.75) is 18.9 Å². The number of cyclic esters (lactones) is 1. The lowest BCUT2D eigenvalue weighted by Gasteiger charge is -2.31. The zero-order chi connectivity index (χ0) is 20.3. The van der Waals surface area contributed by atoms with E-state index >= 15 is 0 Å². The van der Waals surface area contributed by atoms with Gasteiger partial charge in [-0.1, -0.05) is 30.3 Å². The van der Waals surface area contributed by atoms with Gasteiger partial charge >= 0.3 is 6.09 Å². The third-order valence-corrected chi connectivity index (χ3v) is 6.32. The molecule has 9 nitrogen and oxygen atoms in total. The number of carbonyl (C=O) groups is 3. The number of sulfonamides is 1. The molecule has 1 N–H and O–H groups in total. The van der Waals surface area contributed by atoms with Crippen LogP contribution in [0.2, 0.25) is 0 Å². The number of carbonyl (C=O) groups excluding carboxylic acids is 3. The van der Waals surface area contributed by atoms with E-state index in [1.807, 2.05) is 30.3 Å². The maximum absolute atomic E-state index is 12.8. The molecule has 152 valence electrons. The van der Waals surface area contributed by atoms with Crippen molar-refractivity contribution in [3.63, 3.8) is 0 Å². The Morgan fingerprint density at radius 1 is 1.21 bits per heavy atom. The first-order valence-corrected chi connectivity index (χ1v) is 10.9. The number of imide groups is 1. The molecule has 2 fully saturated rings. The molecule has 0 saturated carbocycles. The lowest BCUT2D eigenvalue weighted by molar-refractivity contribution is -0.129. The predicted octanol–water partition coefficient (Wildman–Crippen LogP) is 0.494. The molecular weight excluding hydrogens is 386 g/mol. The fourth-order valence-corrected chi connectivity index (χ4v) is 4.27. The van der Waals surface area contributed by atoms with E-state index in [0.717, 1.165) is 16.7 Å². The first-order chi connectivity index (χ1) is 13.3. The minimum atomic E-state index is -3.26. The third kappa shape index (κ3) is 4.68. The second kappa shape index (κ2) is 8.27. The number of nitrogens with one attached hydrogen (secondary N) is 1. The SMILES string of the molecule is CS(=O)(=O)N1CCC(C(=O)N[C@H](CN2C(=O)COC2=O)c2ccccc2)CC1. The average Bonchev–Trinajstić information content (AvgIpc) is 2.99. The lowest BCUT2D eigenvalue weighted by Crippen LogP contribution is -2.45. The molecule has 3 rings (SSSR count). The van der Waals surface area contributed by atoms with Crippen molar-refractivity contribution in [1.29, 1.82) is 0 Å². The first kappa shape index (κ1) is 20.3. The summed E-state index contributed by atoms with van der Waals surface area (Å²) in [5.74, 6) is -0.992. The van der Waals surface area contributed by atoms with E-state index in [1.165, 1.54) is 4.31 Å². The summed E-state index contributed by atoms with van der Waals surface area (Å²) >= 11 is 0. The molecule has 2 heterocycles. The number of benzene rings is 1. The smallest absolute Gasteiger partial charge is 0.417 e. The molecule has 1 aromatic rings. The third-order valence-electron chi connectivity index (χ3n) is 5.02. The molecule has 2 saturated heterocycles. The normalized spacial score (nSPS) is 20.1. The summed E-state index contributed by atoms with van der Waals surface area (Å²) in [7, 11) is -3.26. The standard InChI is InChI=1S/C18H23N3O6S/c1-28(25,26)20-9-7-14(8-10-20)17(23)19-15(13-5-3-2-4-6-13)11-21-16(22)12-27-18(21)24/h2-6,14-15H,7-12H2,1H3,(H,19,23)/t15-/m1/s1. The Morgan fingerprint density at radius 2 is 1.86 bits per heavy atom. The van der Waals surface area contributed by atoms with E-state index in [-0.39, 0.29) is 25.0 Å². The second-order valence-electron chi connectivity index (χ2n) is 6.97. The first-order valence-electron chi connectivity index (χ1n) is 9.03. The molecule has 2 aliphatic heterocycles. The molecule has 3 amide bonds. The highest BCUT2D eigenvalue weighted by molar-refractivity contribution is 7.88. The van der Waals surface area contributed by atoms with Crippen molar-refractivity contribution < 1.29 is 27.5 Å². The Balaban J connectivity index is 1.68. The molecule has 0 aromatic heterocycles. The van der Waals surface area contributed by atoms with Crippen molar-refractivity contribution in [2.75, 3.05) is 32.5 Å². The molecule has 0 spiro atoms. The van der Waals surface area contributed by atoms with Gasteiger partial charge in [-0.15, -0.1) is 0 Å². The Bertz CT molecular complexity index is 833. The molecule has 2 aliphatic rings. The number of rotatable bonds is 6. The number of hydrogen-bond acceptors (Lipinski definition) is 6. The monoisotopic (exact) mass is 409 g/mol. The summed E-state index contributed by atoms with van der Waals surface area (Å²) in [5, 5.41) is 2.92. The topological polar surface area (TPSA) is 113 Å². The van der Waals surface area contributed by atoms with Crippen molar-refractivity contribution in [1.82, 2.24) is 14.5 Å². The summed E-state index contributed by atoms with van der Waals surface area (Å²) in [5.41, 5.74) is 0.761. The van der Waals surface area contributed by atoms with Crippen LogP contribution in [0.5, 0.6) is 0 Å². The average molecular weight is 409 g/mol. The van der Waals surface area contributed by atoms with E-state index in [2.05, 4.69) is 5.32 Å². The summed E-state index contributed by atoms with van der Waals surface area (Å²) in [6, 6.07) is 8.49. The Kier molecular flexibility index (Phi) is 5.99. The van der Waals surface area contributed by atoms with Crippen LogP contribution >= 0.6 is 0 Å².